The summed E-state index contributed by atoms with van der Waals surface area (Å²) in [7, 11) is 4.51. The first-order valence-electron chi connectivity index (χ1n) is 8.46. The molecule has 1 aromatic rings. The molecule has 7 nitrogen and oxygen atoms in total. The third-order valence-electron chi connectivity index (χ3n) is 4.24. The van der Waals surface area contributed by atoms with Crippen LogP contribution in [-0.4, -0.2) is 39.2 Å². The SMILES string of the molecule is COc1cc(NC(=O)CC(=O)NC2CCCCC2)cc(OC)c1OC. The molecule has 1 aromatic carbocycles. The molecule has 0 radical (unpaired) electrons. The highest BCUT2D eigenvalue weighted by molar-refractivity contribution is 6.03. The van der Waals surface area contributed by atoms with Gasteiger partial charge in [-0.2, -0.15) is 0 Å². The summed E-state index contributed by atoms with van der Waals surface area (Å²) in [6, 6.07) is 3.44. The van der Waals surface area contributed by atoms with E-state index in [1.165, 1.54) is 27.8 Å². The average molecular weight is 350 g/mol. The van der Waals surface area contributed by atoms with Crippen LogP contribution in [0.2, 0.25) is 0 Å². The predicted molar refractivity (Wildman–Crippen MR) is 94.4 cm³/mol. The maximum absolute atomic E-state index is 12.1. The van der Waals surface area contributed by atoms with Gasteiger partial charge in [-0.1, -0.05) is 19.3 Å². The Balaban J connectivity index is 1.96. The average Bonchev–Trinajstić information content (AvgIpc) is 2.61. The molecule has 1 fully saturated rings. The molecular weight excluding hydrogens is 324 g/mol. The highest BCUT2D eigenvalue weighted by atomic mass is 16.5. The van der Waals surface area contributed by atoms with Crippen molar-refractivity contribution in [3.8, 4) is 17.2 Å². The molecule has 0 atom stereocenters. The molecular formula is C18H26N2O5. The van der Waals surface area contributed by atoms with E-state index in [9.17, 15) is 9.59 Å². The van der Waals surface area contributed by atoms with Crippen molar-refractivity contribution in [2.75, 3.05) is 26.6 Å². The van der Waals surface area contributed by atoms with Crippen LogP contribution in [0.3, 0.4) is 0 Å². The van der Waals surface area contributed by atoms with Gasteiger partial charge in [-0.3, -0.25) is 9.59 Å². The van der Waals surface area contributed by atoms with Crippen molar-refractivity contribution in [2.24, 2.45) is 0 Å². The van der Waals surface area contributed by atoms with Gasteiger partial charge in [0, 0.05) is 23.9 Å². The van der Waals surface area contributed by atoms with Crippen molar-refractivity contribution in [1.29, 1.82) is 0 Å². The fourth-order valence-corrected chi connectivity index (χ4v) is 3.03. The second kappa shape index (κ2) is 9.15. The van der Waals surface area contributed by atoms with Crippen LogP contribution in [0.15, 0.2) is 12.1 Å². The normalized spacial score (nSPS) is 14.5. The van der Waals surface area contributed by atoms with Crippen LogP contribution in [0.25, 0.3) is 0 Å². The standard InChI is InChI=1S/C18H26N2O5/c1-23-14-9-13(10-15(24-2)18(14)25-3)20-17(22)11-16(21)19-12-7-5-4-6-8-12/h9-10,12H,4-8,11H2,1-3H3,(H,19,21)(H,20,22). The Bertz CT molecular complexity index is 586. The number of ether oxygens (including phenoxy) is 3. The Morgan fingerprint density at radius 1 is 0.960 bits per heavy atom. The lowest BCUT2D eigenvalue weighted by molar-refractivity contribution is -0.127. The summed E-state index contributed by atoms with van der Waals surface area (Å²) in [5.74, 6) is 0.671. The van der Waals surface area contributed by atoms with Gasteiger partial charge in [0.15, 0.2) is 11.5 Å². The van der Waals surface area contributed by atoms with E-state index in [1.54, 1.807) is 12.1 Å². The van der Waals surface area contributed by atoms with Gasteiger partial charge in [-0.15, -0.1) is 0 Å². The second-order valence-corrected chi connectivity index (χ2v) is 6.04. The first-order valence-corrected chi connectivity index (χ1v) is 8.46. The Morgan fingerprint density at radius 2 is 1.56 bits per heavy atom. The number of carbonyl (C=O) groups is 2. The van der Waals surface area contributed by atoms with Gasteiger partial charge in [0.1, 0.15) is 6.42 Å². The van der Waals surface area contributed by atoms with E-state index in [-0.39, 0.29) is 24.3 Å². The minimum absolute atomic E-state index is 0.190. The molecule has 0 saturated heterocycles. The summed E-state index contributed by atoms with van der Waals surface area (Å²) < 4.78 is 15.7. The summed E-state index contributed by atoms with van der Waals surface area (Å²) in [5.41, 5.74) is 0.477. The minimum Gasteiger partial charge on any atom is -0.493 e. The maximum Gasteiger partial charge on any atom is 0.233 e. The number of hydrogen-bond donors (Lipinski definition) is 2. The molecule has 25 heavy (non-hydrogen) atoms. The van der Waals surface area contributed by atoms with E-state index in [0.29, 0.717) is 22.9 Å². The molecule has 1 aliphatic rings. The summed E-state index contributed by atoms with van der Waals surface area (Å²) in [6.07, 6.45) is 5.23. The molecule has 0 aliphatic heterocycles. The zero-order chi connectivity index (χ0) is 18.2. The first kappa shape index (κ1) is 18.9. The smallest absolute Gasteiger partial charge is 0.233 e. The summed E-state index contributed by atoms with van der Waals surface area (Å²) >= 11 is 0. The monoisotopic (exact) mass is 350 g/mol. The highest BCUT2D eigenvalue weighted by Crippen LogP contribution is 2.39. The van der Waals surface area contributed by atoms with Crippen molar-refractivity contribution in [3.63, 3.8) is 0 Å². The lowest BCUT2D eigenvalue weighted by atomic mass is 9.95. The lowest BCUT2D eigenvalue weighted by Gasteiger charge is -2.22. The van der Waals surface area contributed by atoms with Gasteiger partial charge in [-0.25, -0.2) is 0 Å². The molecule has 1 aliphatic carbocycles. The van der Waals surface area contributed by atoms with Crippen molar-refractivity contribution >= 4 is 17.5 Å². The molecule has 2 N–H and O–H groups in total. The molecule has 0 heterocycles. The van der Waals surface area contributed by atoms with Crippen LogP contribution < -0.4 is 24.8 Å². The third kappa shape index (κ3) is 5.27. The number of methoxy groups -OCH3 is 3. The number of benzene rings is 1. The van der Waals surface area contributed by atoms with Crippen molar-refractivity contribution in [1.82, 2.24) is 5.32 Å². The number of carbonyl (C=O) groups excluding carboxylic acids is 2. The molecule has 0 spiro atoms. The fourth-order valence-electron chi connectivity index (χ4n) is 3.03. The molecule has 0 unspecified atom stereocenters. The topological polar surface area (TPSA) is 85.9 Å². The summed E-state index contributed by atoms with van der Waals surface area (Å²) in [4.78, 5) is 24.2. The van der Waals surface area contributed by atoms with Crippen LogP contribution in [-0.2, 0) is 9.59 Å². The zero-order valence-electron chi connectivity index (χ0n) is 15.0. The van der Waals surface area contributed by atoms with E-state index in [1.807, 2.05) is 0 Å². The Hall–Kier alpha value is -2.44. The summed E-state index contributed by atoms with van der Waals surface area (Å²) in [6.45, 7) is 0. The zero-order valence-corrected chi connectivity index (χ0v) is 15.0. The highest BCUT2D eigenvalue weighted by Gasteiger charge is 2.19. The quantitative estimate of drug-likeness (QED) is 0.738. The number of amides is 2. The Labute approximate surface area is 148 Å². The van der Waals surface area contributed by atoms with Crippen LogP contribution in [0.1, 0.15) is 38.5 Å². The fraction of sp³-hybridized carbons (Fsp3) is 0.556. The van der Waals surface area contributed by atoms with Crippen LogP contribution >= 0.6 is 0 Å². The van der Waals surface area contributed by atoms with E-state index in [4.69, 9.17) is 14.2 Å². The largest absolute Gasteiger partial charge is 0.493 e. The Morgan fingerprint density at radius 3 is 2.08 bits per heavy atom. The summed E-state index contributed by atoms with van der Waals surface area (Å²) in [5, 5.41) is 5.63. The van der Waals surface area contributed by atoms with E-state index in [0.717, 1.165) is 25.7 Å². The molecule has 2 amide bonds. The van der Waals surface area contributed by atoms with Crippen LogP contribution in [0.4, 0.5) is 5.69 Å². The number of anilines is 1. The molecule has 0 aromatic heterocycles. The van der Waals surface area contributed by atoms with Gasteiger partial charge in [0.2, 0.25) is 17.6 Å². The van der Waals surface area contributed by atoms with Crippen molar-refractivity contribution in [3.05, 3.63) is 12.1 Å². The van der Waals surface area contributed by atoms with E-state index >= 15 is 0 Å². The van der Waals surface area contributed by atoms with E-state index in [2.05, 4.69) is 10.6 Å². The predicted octanol–water partition coefficient (Wildman–Crippen LogP) is 2.49. The van der Waals surface area contributed by atoms with Gasteiger partial charge in [-0.05, 0) is 12.8 Å². The number of rotatable bonds is 7. The van der Waals surface area contributed by atoms with Crippen molar-refractivity contribution in [2.45, 2.75) is 44.6 Å². The number of nitrogens with one attached hydrogen (secondary N) is 2. The van der Waals surface area contributed by atoms with Gasteiger partial charge in [0.25, 0.3) is 0 Å². The first-order chi connectivity index (χ1) is 12.1. The van der Waals surface area contributed by atoms with Crippen molar-refractivity contribution < 1.29 is 23.8 Å². The molecule has 0 bridgehead atoms. The number of hydrogen-bond acceptors (Lipinski definition) is 5. The van der Waals surface area contributed by atoms with Gasteiger partial charge < -0.3 is 24.8 Å². The molecule has 1 saturated carbocycles. The van der Waals surface area contributed by atoms with Gasteiger partial charge in [0.05, 0.1) is 21.3 Å². The Kier molecular flexibility index (Phi) is 6.91. The molecule has 7 heteroatoms. The lowest BCUT2D eigenvalue weighted by Crippen LogP contribution is -2.37. The minimum atomic E-state index is -0.386. The van der Waals surface area contributed by atoms with Crippen LogP contribution in [0, 0.1) is 0 Å². The molecule has 138 valence electrons. The van der Waals surface area contributed by atoms with Gasteiger partial charge >= 0.3 is 0 Å². The second-order valence-electron chi connectivity index (χ2n) is 6.04. The van der Waals surface area contributed by atoms with E-state index < -0.39 is 0 Å². The third-order valence-corrected chi connectivity index (χ3v) is 4.24. The maximum atomic E-state index is 12.1. The van der Waals surface area contributed by atoms with Crippen LogP contribution in [0.5, 0.6) is 17.2 Å². The molecule has 2 rings (SSSR count).